The molecule has 1 saturated heterocycles. The summed E-state index contributed by atoms with van der Waals surface area (Å²) in [5.41, 5.74) is 1.53. The van der Waals surface area contributed by atoms with Gasteiger partial charge in [-0.2, -0.15) is 0 Å². The summed E-state index contributed by atoms with van der Waals surface area (Å²) >= 11 is 7.43. The molecule has 0 saturated carbocycles. The normalized spacial score (nSPS) is 16.6. The van der Waals surface area contributed by atoms with Gasteiger partial charge in [0, 0.05) is 23.0 Å². The van der Waals surface area contributed by atoms with Crippen LogP contribution in [0.1, 0.15) is 50.3 Å². The van der Waals surface area contributed by atoms with Gasteiger partial charge in [-0.1, -0.05) is 48.8 Å². The zero-order valence-electron chi connectivity index (χ0n) is 22.1. The van der Waals surface area contributed by atoms with Crippen molar-refractivity contribution in [1.29, 1.82) is 0 Å². The Hall–Kier alpha value is -3.95. The average Bonchev–Trinajstić information content (AvgIpc) is 3.49. The first-order valence-electron chi connectivity index (χ1n) is 13.1. The zero-order chi connectivity index (χ0) is 28.2. The van der Waals surface area contributed by atoms with E-state index in [4.69, 9.17) is 21.1 Å². The van der Waals surface area contributed by atoms with Crippen LogP contribution in [0.25, 0.3) is 16.0 Å². The Morgan fingerprint density at radius 1 is 1.02 bits per heavy atom. The number of pyridine rings is 1. The van der Waals surface area contributed by atoms with E-state index in [0.29, 0.717) is 51.5 Å². The Labute approximate surface area is 240 Å². The quantitative estimate of drug-likeness (QED) is 0.0942. The number of nitrogens with zero attached hydrogens (tertiary/aromatic N) is 3. The molecule has 0 spiro atoms. The van der Waals surface area contributed by atoms with Crippen LogP contribution < -0.4 is 14.4 Å². The number of hydrogen-bond acceptors (Lipinski definition) is 8. The molecule has 206 valence electrons. The molecule has 2 aromatic heterocycles. The lowest BCUT2D eigenvalue weighted by Crippen LogP contribution is -2.29. The Bertz CT molecular complexity index is 1590. The molecule has 0 aliphatic carbocycles. The molecule has 1 aliphatic heterocycles. The van der Waals surface area contributed by atoms with Gasteiger partial charge in [0.1, 0.15) is 5.76 Å². The molecule has 1 aliphatic rings. The maximum absolute atomic E-state index is 13.6. The molecule has 10 heteroatoms. The third-order valence-electron chi connectivity index (χ3n) is 6.53. The van der Waals surface area contributed by atoms with Crippen molar-refractivity contribution in [3.63, 3.8) is 0 Å². The zero-order valence-corrected chi connectivity index (χ0v) is 23.7. The Kier molecular flexibility index (Phi) is 8.32. The number of amides is 1. The Morgan fingerprint density at radius 3 is 2.58 bits per heavy atom. The fourth-order valence-electron chi connectivity index (χ4n) is 4.62. The SMILES string of the molecule is CCCCCOc1ccc(C2C(=C(O)c3ccncc3)C(=O)C(=O)N2c2nc3ccc(Cl)cc3s2)cc1OCC. The highest BCUT2D eigenvalue weighted by Gasteiger charge is 2.48. The van der Waals surface area contributed by atoms with Crippen molar-refractivity contribution in [2.75, 3.05) is 18.1 Å². The number of halogens is 1. The molecule has 3 heterocycles. The number of anilines is 1. The third kappa shape index (κ3) is 5.39. The molecule has 0 radical (unpaired) electrons. The van der Waals surface area contributed by atoms with Gasteiger partial charge < -0.3 is 14.6 Å². The van der Waals surface area contributed by atoms with Crippen molar-refractivity contribution in [3.05, 3.63) is 82.6 Å². The standard InChI is InChI=1S/C30H28ClN3O5S/c1-3-5-6-15-39-22-10-7-19(16-23(22)38-4-2)26-25(27(35)18-11-13-32-14-12-18)28(36)29(37)34(26)30-33-21-9-8-20(31)17-24(21)40-30/h7-14,16-17,26,35H,3-6,15H2,1-2H3. The second kappa shape index (κ2) is 12.1. The van der Waals surface area contributed by atoms with Crippen LogP contribution in [0.4, 0.5) is 5.13 Å². The molecule has 5 rings (SSSR count). The van der Waals surface area contributed by atoms with E-state index in [-0.39, 0.29) is 11.3 Å². The van der Waals surface area contributed by atoms with E-state index in [1.54, 1.807) is 48.5 Å². The highest BCUT2D eigenvalue weighted by atomic mass is 35.5. The monoisotopic (exact) mass is 577 g/mol. The number of carbonyl (C=O) groups is 2. The van der Waals surface area contributed by atoms with Gasteiger partial charge in [-0.25, -0.2) is 4.98 Å². The summed E-state index contributed by atoms with van der Waals surface area (Å²) in [6.45, 7) is 4.94. The fourth-order valence-corrected chi connectivity index (χ4v) is 5.88. The number of aliphatic hydroxyl groups is 1. The maximum atomic E-state index is 13.6. The van der Waals surface area contributed by atoms with Crippen LogP contribution in [-0.4, -0.2) is 40.0 Å². The molecule has 2 aromatic carbocycles. The topological polar surface area (TPSA) is 102 Å². The first-order chi connectivity index (χ1) is 19.4. The number of aliphatic hydroxyl groups excluding tert-OH is 1. The lowest BCUT2D eigenvalue weighted by Gasteiger charge is -2.24. The molecule has 40 heavy (non-hydrogen) atoms. The fraction of sp³-hybridized carbons (Fsp3) is 0.267. The predicted molar refractivity (Wildman–Crippen MR) is 156 cm³/mol. The van der Waals surface area contributed by atoms with Gasteiger partial charge in [0.05, 0.1) is 35.0 Å². The highest BCUT2D eigenvalue weighted by molar-refractivity contribution is 7.22. The van der Waals surface area contributed by atoms with Crippen molar-refractivity contribution in [2.45, 2.75) is 39.2 Å². The predicted octanol–water partition coefficient (Wildman–Crippen LogP) is 6.94. The van der Waals surface area contributed by atoms with Crippen molar-refractivity contribution in [3.8, 4) is 11.5 Å². The van der Waals surface area contributed by atoms with Crippen molar-refractivity contribution >= 4 is 55.7 Å². The number of Topliss-reactive ketones (excluding diaryl/α,β-unsaturated/α-hetero) is 1. The first kappa shape index (κ1) is 27.6. The smallest absolute Gasteiger partial charge is 0.301 e. The summed E-state index contributed by atoms with van der Waals surface area (Å²) in [4.78, 5) is 37.0. The number of thiazole rings is 1. The number of fused-ring (bicyclic) bond motifs is 1. The van der Waals surface area contributed by atoms with Crippen LogP contribution in [0.5, 0.6) is 11.5 Å². The maximum Gasteiger partial charge on any atom is 0.301 e. The molecular formula is C30H28ClN3O5S. The molecule has 8 nitrogen and oxygen atoms in total. The minimum absolute atomic E-state index is 0.0486. The van der Waals surface area contributed by atoms with E-state index < -0.39 is 17.7 Å². The van der Waals surface area contributed by atoms with E-state index in [2.05, 4.69) is 16.9 Å². The number of rotatable bonds is 10. The largest absolute Gasteiger partial charge is 0.507 e. The second-order valence-electron chi connectivity index (χ2n) is 9.21. The summed E-state index contributed by atoms with van der Waals surface area (Å²) < 4.78 is 12.7. The Balaban J connectivity index is 1.65. The van der Waals surface area contributed by atoms with Gasteiger partial charge >= 0.3 is 5.91 Å². The van der Waals surface area contributed by atoms with Crippen LogP contribution in [0, 0.1) is 0 Å². The number of hydrogen-bond donors (Lipinski definition) is 1. The summed E-state index contributed by atoms with van der Waals surface area (Å²) in [6, 6.07) is 12.8. The number of ketones is 1. The number of benzene rings is 2. The third-order valence-corrected chi connectivity index (χ3v) is 7.78. The van der Waals surface area contributed by atoms with Crippen LogP contribution >= 0.6 is 22.9 Å². The summed E-state index contributed by atoms with van der Waals surface area (Å²) in [5.74, 6) is -0.835. The molecular weight excluding hydrogens is 550 g/mol. The summed E-state index contributed by atoms with van der Waals surface area (Å²) in [6.07, 6.45) is 6.06. The van der Waals surface area contributed by atoms with Gasteiger partial charge in [-0.15, -0.1) is 0 Å². The number of ether oxygens (including phenoxy) is 2. The van der Waals surface area contributed by atoms with Gasteiger partial charge in [0.25, 0.3) is 5.78 Å². The average molecular weight is 578 g/mol. The number of aromatic nitrogens is 2. The second-order valence-corrected chi connectivity index (χ2v) is 10.7. The van der Waals surface area contributed by atoms with Crippen molar-refractivity contribution in [2.24, 2.45) is 0 Å². The van der Waals surface area contributed by atoms with Crippen LogP contribution in [0.3, 0.4) is 0 Å². The Morgan fingerprint density at radius 2 is 1.82 bits per heavy atom. The van der Waals surface area contributed by atoms with Crippen molar-refractivity contribution in [1.82, 2.24) is 9.97 Å². The molecule has 1 atom stereocenters. The minimum Gasteiger partial charge on any atom is -0.507 e. The highest BCUT2D eigenvalue weighted by Crippen LogP contribution is 2.46. The van der Waals surface area contributed by atoms with Gasteiger partial charge in [0.2, 0.25) is 0 Å². The molecule has 1 amide bonds. The molecule has 1 unspecified atom stereocenters. The van der Waals surface area contributed by atoms with E-state index in [1.165, 1.54) is 28.6 Å². The lowest BCUT2D eigenvalue weighted by molar-refractivity contribution is -0.132. The van der Waals surface area contributed by atoms with Gasteiger partial charge in [0.15, 0.2) is 16.6 Å². The molecule has 4 aromatic rings. The summed E-state index contributed by atoms with van der Waals surface area (Å²) in [5, 5.41) is 12.2. The van der Waals surface area contributed by atoms with Crippen molar-refractivity contribution < 1.29 is 24.2 Å². The van der Waals surface area contributed by atoms with Crippen LogP contribution in [0.15, 0.2) is 66.5 Å². The van der Waals surface area contributed by atoms with E-state index in [0.717, 1.165) is 24.0 Å². The molecule has 0 bridgehead atoms. The van der Waals surface area contributed by atoms with Gasteiger partial charge in [-0.05, 0) is 61.4 Å². The van der Waals surface area contributed by atoms with E-state index in [9.17, 15) is 14.7 Å². The molecule has 1 N–H and O–H groups in total. The van der Waals surface area contributed by atoms with E-state index >= 15 is 0 Å². The first-order valence-corrected chi connectivity index (χ1v) is 14.3. The summed E-state index contributed by atoms with van der Waals surface area (Å²) in [7, 11) is 0. The molecule has 1 fully saturated rings. The number of carbonyl (C=O) groups excluding carboxylic acids is 2. The van der Waals surface area contributed by atoms with Crippen LogP contribution in [0.2, 0.25) is 5.02 Å². The van der Waals surface area contributed by atoms with Crippen LogP contribution in [-0.2, 0) is 9.59 Å². The van der Waals surface area contributed by atoms with Gasteiger partial charge in [-0.3, -0.25) is 19.5 Å². The lowest BCUT2D eigenvalue weighted by atomic mass is 9.95. The van der Waals surface area contributed by atoms with E-state index in [1.807, 2.05) is 6.92 Å². The minimum atomic E-state index is -0.961. The number of unbranched alkanes of at least 4 members (excludes halogenated alkanes) is 2.